The molecule has 0 aliphatic rings. The van der Waals surface area contributed by atoms with Crippen LogP contribution in [0.3, 0.4) is 0 Å². The molecular weight excluding hydrogens is 236 g/mol. The van der Waals surface area contributed by atoms with Gasteiger partial charge in [-0.2, -0.15) is 0 Å². The zero-order valence-corrected chi connectivity index (χ0v) is 11.2. The van der Waals surface area contributed by atoms with Crippen molar-refractivity contribution >= 4 is 17.5 Å². The quantitative estimate of drug-likeness (QED) is 0.848. The number of hydrogen-bond acceptors (Lipinski definition) is 2. The SMILES string of the molecule is CCNC(=O)C(C)N[C@@H](C)c1ccccc1Cl. The monoisotopic (exact) mass is 254 g/mol. The van der Waals surface area contributed by atoms with Gasteiger partial charge in [-0.3, -0.25) is 10.1 Å². The molecule has 0 spiro atoms. The van der Waals surface area contributed by atoms with Crippen LogP contribution in [0.2, 0.25) is 5.02 Å². The smallest absolute Gasteiger partial charge is 0.236 e. The maximum absolute atomic E-state index is 11.6. The van der Waals surface area contributed by atoms with Crippen LogP contribution in [-0.4, -0.2) is 18.5 Å². The van der Waals surface area contributed by atoms with E-state index in [0.717, 1.165) is 10.6 Å². The molecule has 1 rings (SSSR count). The molecule has 94 valence electrons. The molecule has 1 aromatic carbocycles. The first-order chi connectivity index (χ1) is 8.06. The third-order valence-electron chi connectivity index (χ3n) is 2.62. The molecule has 3 nitrogen and oxygen atoms in total. The van der Waals surface area contributed by atoms with Gasteiger partial charge in [0.15, 0.2) is 0 Å². The summed E-state index contributed by atoms with van der Waals surface area (Å²) in [6, 6.07) is 7.46. The zero-order chi connectivity index (χ0) is 12.8. The van der Waals surface area contributed by atoms with Crippen molar-refractivity contribution < 1.29 is 4.79 Å². The molecule has 17 heavy (non-hydrogen) atoms. The van der Waals surface area contributed by atoms with E-state index in [2.05, 4.69) is 10.6 Å². The lowest BCUT2D eigenvalue weighted by molar-refractivity contribution is -0.122. The van der Waals surface area contributed by atoms with E-state index in [0.29, 0.717) is 6.54 Å². The number of rotatable bonds is 5. The Hall–Kier alpha value is -1.06. The van der Waals surface area contributed by atoms with E-state index in [9.17, 15) is 4.79 Å². The van der Waals surface area contributed by atoms with Crippen LogP contribution >= 0.6 is 11.6 Å². The van der Waals surface area contributed by atoms with Gasteiger partial charge in [-0.15, -0.1) is 0 Å². The van der Waals surface area contributed by atoms with Gasteiger partial charge in [-0.05, 0) is 32.4 Å². The fraction of sp³-hybridized carbons (Fsp3) is 0.462. The molecule has 0 fully saturated rings. The van der Waals surface area contributed by atoms with E-state index in [-0.39, 0.29) is 18.0 Å². The molecule has 1 amide bonds. The topological polar surface area (TPSA) is 41.1 Å². The molecule has 2 N–H and O–H groups in total. The molecule has 0 radical (unpaired) electrons. The standard InChI is InChI=1S/C13H19ClN2O/c1-4-15-13(17)10(3)16-9(2)11-7-5-6-8-12(11)14/h5-10,16H,4H2,1-3H3,(H,15,17)/t9-,10?/m0/s1. The number of benzene rings is 1. The van der Waals surface area contributed by atoms with Crippen LogP contribution in [0.5, 0.6) is 0 Å². The van der Waals surface area contributed by atoms with Gasteiger partial charge >= 0.3 is 0 Å². The van der Waals surface area contributed by atoms with Crippen molar-refractivity contribution in [3.8, 4) is 0 Å². The van der Waals surface area contributed by atoms with E-state index in [4.69, 9.17) is 11.6 Å². The maximum atomic E-state index is 11.6. The van der Waals surface area contributed by atoms with Crippen molar-refractivity contribution in [2.24, 2.45) is 0 Å². The molecule has 0 bridgehead atoms. The average molecular weight is 255 g/mol. The van der Waals surface area contributed by atoms with E-state index < -0.39 is 0 Å². The van der Waals surface area contributed by atoms with Crippen LogP contribution in [0.25, 0.3) is 0 Å². The molecule has 0 aromatic heterocycles. The Morgan fingerprint density at radius 3 is 2.59 bits per heavy atom. The summed E-state index contributed by atoms with van der Waals surface area (Å²) < 4.78 is 0. The Morgan fingerprint density at radius 1 is 1.35 bits per heavy atom. The Balaban J connectivity index is 2.63. The number of halogens is 1. The van der Waals surface area contributed by atoms with Gasteiger partial charge in [0.1, 0.15) is 0 Å². The highest BCUT2D eigenvalue weighted by molar-refractivity contribution is 6.31. The van der Waals surface area contributed by atoms with E-state index >= 15 is 0 Å². The van der Waals surface area contributed by atoms with Crippen LogP contribution in [0, 0.1) is 0 Å². The maximum Gasteiger partial charge on any atom is 0.236 e. The van der Waals surface area contributed by atoms with Gasteiger partial charge < -0.3 is 5.32 Å². The lowest BCUT2D eigenvalue weighted by atomic mass is 10.1. The van der Waals surface area contributed by atoms with Gasteiger partial charge in [0.05, 0.1) is 6.04 Å². The molecule has 0 heterocycles. The molecular formula is C13H19ClN2O. The van der Waals surface area contributed by atoms with Crippen molar-refractivity contribution in [3.63, 3.8) is 0 Å². The Morgan fingerprint density at radius 2 is 2.00 bits per heavy atom. The van der Waals surface area contributed by atoms with Gasteiger partial charge in [-0.1, -0.05) is 29.8 Å². The molecule has 0 aliphatic carbocycles. The van der Waals surface area contributed by atoms with Crippen LogP contribution in [0.4, 0.5) is 0 Å². The predicted octanol–water partition coefficient (Wildman–Crippen LogP) is 2.52. The summed E-state index contributed by atoms with van der Waals surface area (Å²) in [6.45, 7) is 6.39. The van der Waals surface area contributed by atoms with Crippen LogP contribution in [0.15, 0.2) is 24.3 Å². The minimum absolute atomic E-state index is 0.00593. The van der Waals surface area contributed by atoms with Crippen molar-refractivity contribution in [1.82, 2.24) is 10.6 Å². The summed E-state index contributed by atoms with van der Waals surface area (Å²) in [5.41, 5.74) is 1.00. The summed E-state index contributed by atoms with van der Waals surface area (Å²) in [5, 5.41) is 6.73. The Bertz CT molecular complexity index is 381. The van der Waals surface area contributed by atoms with Crippen LogP contribution in [-0.2, 0) is 4.79 Å². The highest BCUT2D eigenvalue weighted by atomic mass is 35.5. The van der Waals surface area contributed by atoms with E-state index in [1.54, 1.807) is 0 Å². The van der Waals surface area contributed by atoms with E-state index in [1.165, 1.54) is 0 Å². The molecule has 0 saturated heterocycles. The number of nitrogens with one attached hydrogen (secondary N) is 2. The Labute approximate surface area is 108 Å². The van der Waals surface area contributed by atoms with Crippen molar-refractivity contribution in [3.05, 3.63) is 34.9 Å². The van der Waals surface area contributed by atoms with Gasteiger partial charge in [0.2, 0.25) is 5.91 Å². The summed E-state index contributed by atoms with van der Waals surface area (Å²) in [6.07, 6.45) is 0. The highest BCUT2D eigenvalue weighted by Crippen LogP contribution is 2.22. The number of hydrogen-bond donors (Lipinski definition) is 2. The molecule has 1 aromatic rings. The summed E-state index contributed by atoms with van der Waals surface area (Å²) in [7, 11) is 0. The largest absolute Gasteiger partial charge is 0.355 e. The van der Waals surface area contributed by atoms with Gasteiger partial charge in [0, 0.05) is 17.6 Å². The second-order valence-corrected chi connectivity index (χ2v) is 4.43. The zero-order valence-electron chi connectivity index (χ0n) is 10.5. The van der Waals surface area contributed by atoms with Crippen molar-refractivity contribution in [2.75, 3.05) is 6.54 Å². The van der Waals surface area contributed by atoms with Gasteiger partial charge in [-0.25, -0.2) is 0 Å². The summed E-state index contributed by atoms with van der Waals surface area (Å²) in [4.78, 5) is 11.6. The Kier molecular flexibility index (Phi) is 5.45. The lowest BCUT2D eigenvalue weighted by Gasteiger charge is -2.20. The fourth-order valence-electron chi connectivity index (χ4n) is 1.69. The van der Waals surface area contributed by atoms with Crippen LogP contribution < -0.4 is 10.6 Å². The second kappa shape index (κ2) is 6.62. The van der Waals surface area contributed by atoms with Crippen molar-refractivity contribution in [1.29, 1.82) is 0 Å². The minimum atomic E-state index is -0.235. The first-order valence-corrected chi connectivity index (χ1v) is 6.22. The highest BCUT2D eigenvalue weighted by Gasteiger charge is 2.16. The third kappa shape index (κ3) is 4.02. The lowest BCUT2D eigenvalue weighted by Crippen LogP contribution is -2.43. The molecule has 2 atom stereocenters. The number of carbonyl (C=O) groups is 1. The predicted molar refractivity (Wildman–Crippen MR) is 71.1 cm³/mol. The second-order valence-electron chi connectivity index (χ2n) is 4.03. The molecule has 4 heteroatoms. The number of likely N-dealkylation sites (N-methyl/N-ethyl adjacent to an activating group) is 1. The normalized spacial score (nSPS) is 14.1. The average Bonchev–Trinajstić information content (AvgIpc) is 2.29. The summed E-state index contributed by atoms with van der Waals surface area (Å²) >= 11 is 6.10. The molecule has 0 aliphatic heterocycles. The van der Waals surface area contributed by atoms with Crippen LogP contribution in [0.1, 0.15) is 32.4 Å². The van der Waals surface area contributed by atoms with Crippen molar-refractivity contribution in [2.45, 2.75) is 32.9 Å². The molecule has 0 saturated carbocycles. The fourth-order valence-corrected chi connectivity index (χ4v) is 1.99. The first-order valence-electron chi connectivity index (χ1n) is 5.84. The third-order valence-corrected chi connectivity index (χ3v) is 2.96. The molecule has 1 unspecified atom stereocenters. The first kappa shape index (κ1) is 14.0. The van der Waals surface area contributed by atoms with E-state index in [1.807, 2.05) is 45.0 Å². The summed E-state index contributed by atoms with van der Waals surface area (Å²) in [5.74, 6) is 0.00593. The number of carbonyl (C=O) groups excluding carboxylic acids is 1. The van der Waals surface area contributed by atoms with Gasteiger partial charge in [0.25, 0.3) is 0 Å². The minimum Gasteiger partial charge on any atom is -0.355 e. The number of amides is 1.